The number of hydrogen-bond donors (Lipinski definition) is 2. The monoisotopic (exact) mass is 451 g/mol. The molecule has 180 valence electrons. The van der Waals surface area contributed by atoms with E-state index in [4.69, 9.17) is 4.74 Å². The molecule has 0 unspecified atom stereocenters. The number of ether oxygens (including phenoxy) is 1. The van der Waals surface area contributed by atoms with Crippen molar-refractivity contribution in [3.63, 3.8) is 0 Å². The van der Waals surface area contributed by atoms with Crippen LogP contribution < -0.4 is 5.32 Å². The van der Waals surface area contributed by atoms with Crippen molar-refractivity contribution >= 4 is 11.4 Å². The second-order valence-corrected chi connectivity index (χ2v) is 10.8. The summed E-state index contributed by atoms with van der Waals surface area (Å²) in [5.74, 6) is 0. The van der Waals surface area contributed by atoms with Gasteiger partial charge in [-0.25, -0.2) is 0 Å². The van der Waals surface area contributed by atoms with Gasteiger partial charge in [0.15, 0.2) is 0 Å². The molecular formula is C28H41N3O2. The first-order chi connectivity index (χ1) is 15.7. The van der Waals surface area contributed by atoms with Gasteiger partial charge in [-0.1, -0.05) is 38.1 Å². The van der Waals surface area contributed by atoms with Crippen LogP contribution in [-0.4, -0.2) is 59.8 Å². The van der Waals surface area contributed by atoms with Crippen LogP contribution >= 0.6 is 0 Å². The summed E-state index contributed by atoms with van der Waals surface area (Å²) in [4.78, 5) is 5.03. The summed E-state index contributed by atoms with van der Waals surface area (Å²) in [5, 5.41) is 13.7. The lowest BCUT2D eigenvalue weighted by atomic mass is 9.73. The topological polar surface area (TPSA) is 48.0 Å². The average molecular weight is 452 g/mol. The van der Waals surface area contributed by atoms with Gasteiger partial charge in [-0.15, -0.1) is 0 Å². The van der Waals surface area contributed by atoms with Crippen molar-refractivity contribution in [2.45, 2.75) is 65.2 Å². The normalized spacial score (nSPS) is 18.5. The zero-order chi connectivity index (χ0) is 23.6. The predicted octanol–water partition coefficient (Wildman–Crippen LogP) is 4.88. The number of hydrogen-bond acceptors (Lipinski definition) is 5. The van der Waals surface area contributed by atoms with Gasteiger partial charge in [-0.2, -0.15) is 0 Å². The molecule has 5 heteroatoms. The Labute approximate surface area is 199 Å². The van der Waals surface area contributed by atoms with E-state index in [1.54, 1.807) is 0 Å². The van der Waals surface area contributed by atoms with Gasteiger partial charge in [0.25, 0.3) is 0 Å². The molecular weight excluding hydrogens is 410 g/mol. The third kappa shape index (κ3) is 5.78. The van der Waals surface area contributed by atoms with Crippen LogP contribution in [0, 0.1) is 0 Å². The van der Waals surface area contributed by atoms with Crippen molar-refractivity contribution in [2.75, 3.05) is 44.6 Å². The minimum absolute atomic E-state index is 0.0497. The molecule has 2 N–H and O–H groups in total. The van der Waals surface area contributed by atoms with Crippen molar-refractivity contribution in [1.29, 1.82) is 0 Å². The molecule has 0 atom stereocenters. The molecule has 2 aliphatic rings. The second-order valence-electron chi connectivity index (χ2n) is 10.8. The Kier molecular flexibility index (Phi) is 7.15. The van der Waals surface area contributed by atoms with Gasteiger partial charge in [-0.3, -0.25) is 4.90 Å². The zero-order valence-corrected chi connectivity index (χ0v) is 21.1. The number of piperazine rings is 1. The molecule has 0 bridgehead atoms. The zero-order valence-electron chi connectivity index (χ0n) is 21.1. The fourth-order valence-corrected chi connectivity index (χ4v) is 5.02. The summed E-state index contributed by atoms with van der Waals surface area (Å²) in [5.41, 5.74) is 7.07. The van der Waals surface area contributed by atoms with Crippen LogP contribution in [0.2, 0.25) is 0 Å². The lowest BCUT2D eigenvalue weighted by molar-refractivity contribution is 0.0467. The molecule has 2 heterocycles. The number of benzene rings is 2. The van der Waals surface area contributed by atoms with E-state index in [1.165, 1.54) is 33.6 Å². The maximum absolute atomic E-state index is 10.00. The minimum Gasteiger partial charge on any atom is -0.390 e. The van der Waals surface area contributed by atoms with Crippen molar-refractivity contribution in [1.82, 2.24) is 9.80 Å². The van der Waals surface area contributed by atoms with E-state index in [0.717, 1.165) is 52.3 Å². The molecule has 2 aromatic carbocycles. The molecule has 2 aliphatic heterocycles. The SMILES string of the molecule is CCOCc1ccc2c(c1)Nc1ccc(CN3CCN(CCC(C)(C)O)CC3)cc1C2(C)C. The first kappa shape index (κ1) is 24.2. The third-order valence-electron chi connectivity index (χ3n) is 7.17. The molecule has 0 amide bonds. The quantitative estimate of drug-likeness (QED) is 0.599. The average Bonchev–Trinajstić information content (AvgIpc) is 2.77. The number of nitrogens with one attached hydrogen (secondary N) is 1. The van der Waals surface area contributed by atoms with Crippen molar-refractivity contribution in [2.24, 2.45) is 0 Å². The fraction of sp³-hybridized carbons (Fsp3) is 0.571. The molecule has 4 rings (SSSR count). The highest BCUT2D eigenvalue weighted by atomic mass is 16.5. The Hall–Kier alpha value is -1.92. The van der Waals surface area contributed by atoms with E-state index < -0.39 is 5.60 Å². The summed E-state index contributed by atoms with van der Waals surface area (Å²) < 4.78 is 5.61. The fourth-order valence-electron chi connectivity index (χ4n) is 5.02. The summed E-state index contributed by atoms with van der Waals surface area (Å²) in [6.07, 6.45) is 0.828. The van der Waals surface area contributed by atoms with E-state index in [0.29, 0.717) is 6.61 Å². The van der Waals surface area contributed by atoms with Gasteiger partial charge in [0, 0.05) is 62.7 Å². The molecule has 1 fully saturated rings. The number of rotatable bonds is 8. The van der Waals surface area contributed by atoms with Crippen LogP contribution in [-0.2, 0) is 23.3 Å². The Bertz CT molecular complexity index is 956. The van der Waals surface area contributed by atoms with Crippen molar-refractivity contribution < 1.29 is 9.84 Å². The van der Waals surface area contributed by atoms with Crippen LogP contribution in [0.15, 0.2) is 36.4 Å². The number of fused-ring (bicyclic) bond motifs is 2. The van der Waals surface area contributed by atoms with Crippen LogP contribution in [0.25, 0.3) is 0 Å². The van der Waals surface area contributed by atoms with Gasteiger partial charge in [-0.05, 0) is 61.6 Å². The molecule has 0 spiro atoms. The number of aliphatic hydroxyl groups is 1. The molecule has 2 aromatic rings. The van der Waals surface area contributed by atoms with Crippen LogP contribution in [0.3, 0.4) is 0 Å². The van der Waals surface area contributed by atoms with Crippen LogP contribution in [0.1, 0.15) is 63.3 Å². The Balaban J connectivity index is 1.42. The predicted molar refractivity (Wildman–Crippen MR) is 136 cm³/mol. The van der Waals surface area contributed by atoms with E-state index in [9.17, 15) is 5.11 Å². The van der Waals surface area contributed by atoms with Crippen LogP contribution in [0.5, 0.6) is 0 Å². The van der Waals surface area contributed by atoms with Gasteiger partial charge >= 0.3 is 0 Å². The standard InChI is InChI=1S/C28H41N3O2/c1-6-33-20-22-7-9-23-26(18-22)29-25-10-8-21(17-24(25)28(23,4)5)19-31-15-13-30(14-16-31)12-11-27(2,3)32/h7-10,17-18,29,32H,6,11-16,19-20H2,1-5H3. The molecule has 1 saturated heterocycles. The van der Waals surface area contributed by atoms with E-state index in [-0.39, 0.29) is 5.41 Å². The van der Waals surface area contributed by atoms with Gasteiger partial charge in [0.05, 0.1) is 12.2 Å². The smallest absolute Gasteiger partial charge is 0.0717 e. The van der Waals surface area contributed by atoms with E-state index >= 15 is 0 Å². The molecule has 0 radical (unpaired) electrons. The van der Waals surface area contributed by atoms with E-state index in [2.05, 4.69) is 65.4 Å². The summed E-state index contributed by atoms with van der Waals surface area (Å²) in [6, 6.07) is 13.6. The first-order valence-corrected chi connectivity index (χ1v) is 12.4. The molecule has 5 nitrogen and oxygen atoms in total. The lowest BCUT2D eigenvalue weighted by Gasteiger charge is -2.37. The molecule has 0 saturated carbocycles. The maximum Gasteiger partial charge on any atom is 0.0717 e. The van der Waals surface area contributed by atoms with Crippen molar-refractivity contribution in [3.8, 4) is 0 Å². The molecule has 33 heavy (non-hydrogen) atoms. The first-order valence-electron chi connectivity index (χ1n) is 12.4. The van der Waals surface area contributed by atoms with E-state index in [1.807, 2.05) is 20.8 Å². The Morgan fingerprint density at radius 2 is 1.64 bits per heavy atom. The highest BCUT2D eigenvalue weighted by Crippen LogP contribution is 2.46. The minimum atomic E-state index is -0.579. The van der Waals surface area contributed by atoms with Gasteiger partial charge in [0.2, 0.25) is 0 Å². The maximum atomic E-state index is 10.00. The highest BCUT2D eigenvalue weighted by Gasteiger charge is 2.33. The molecule has 0 aromatic heterocycles. The van der Waals surface area contributed by atoms with Crippen LogP contribution in [0.4, 0.5) is 11.4 Å². The lowest BCUT2D eigenvalue weighted by Crippen LogP contribution is -2.47. The number of nitrogens with zero attached hydrogens (tertiary/aromatic N) is 2. The van der Waals surface area contributed by atoms with Crippen molar-refractivity contribution in [3.05, 3.63) is 58.7 Å². The Morgan fingerprint density at radius 3 is 2.33 bits per heavy atom. The number of anilines is 2. The third-order valence-corrected chi connectivity index (χ3v) is 7.17. The second kappa shape index (κ2) is 9.75. The summed E-state index contributed by atoms with van der Waals surface area (Å²) >= 11 is 0. The Morgan fingerprint density at radius 1 is 0.939 bits per heavy atom. The largest absolute Gasteiger partial charge is 0.390 e. The summed E-state index contributed by atoms with van der Waals surface area (Å²) in [6.45, 7) is 18.2. The van der Waals surface area contributed by atoms with Gasteiger partial charge < -0.3 is 20.1 Å². The molecule has 0 aliphatic carbocycles. The van der Waals surface area contributed by atoms with Gasteiger partial charge in [0.1, 0.15) is 0 Å². The highest BCUT2D eigenvalue weighted by molar-refractivity contribution is 5.76. The summed E-state index contributed by atoms with van der Waals surface area (Å²) in [7, 11) is 0.